The maximum atomic E-state index is 13.8. The Morgan fingerprint density at radius 3 is 2.29 bits per heavy atom. The molecule has 0 saturated heterocycles. The summed E-state index contributed by atoms with van der Waals surface area (Å²) >= 11 is 0. The number of carbonyl (C=O) groups is 1. The molecule has 28 heavy (non-hydrogen) atoms. The number of nitrogens with one attached hydrogen (secondary N) is 1. The predicted octanol–water partition coefficient (Wildman–Crippen LogP) is 4.79. The van der Waals surface area contributed by atoms with Crippen LogP contribution in [0.2, 0.25) is 0 Å². The van der Waals surface area contributed by atoms with Crippen molar-refractivity contribution >= 4 is 5.91 Å². The quantitative estimate of drug-likeness (QED) is 0.573. The van der Waals surface area contributed by atoms with Gasteiger partial charge in [-0.2, -0.15) is 0 Å². The highest BCUT2D eigenvalue weighted by Crippen LogP contribution is 2.23. The molecule has 0 aliphatic carbocycles. The van der Waals surface area contributed by atoms with E-state index in [1.165, 1.54) is 11.6 Å². The molecule has 3 nitrogen and oxygen atoms in total. The first-order chi connectivity index (χ1) is 13.7. The first-order valence-corrected chi connectivity index (χ1v) is 9.39. The van der Waals surface area contributed by atoms with E-state index in [0.717, 1.165) is 29.7 Å². The fourth-order valence-corrected chi connectivity index (χ4v) is 3.06. The molecule has 0 atom stereocenters. The third-order valence-corrected chi connectivity index (χ3v) is 4.63. The second kappa shape index (κ2) is 9.70. The SMILES string of the molecule is COc1ccc(CC(=O)NCCCc2ccc(-c3ccccc3F)cc2)cc1. The van der Waals surface area contributed by atoms with Crippen LogP contribution < -0.4 is 10.1 Å². The molecule has 0 heterocycles. The van der Waals surface area contributed by atoms with Gasteiger partial charge in [0.1, 0.15) is 11.6 Å². The molecule has 0 aromatic heterocycles. The summed E-state index contributed by atoms with van der Waals surface area (Å²) in [5.74, 6) is 0.583. The minimum absolute atomic E-state index is 0.0140. The number of benzene rings is 3. The molecule has 0 radical (unpaired) electrons. The molecule has 144 valence electrons. The summed E-state index contributed by atoms with van der Waals surface area (Å²) in [6, 6.07) is 22.2. The number of rotatable bonds is 8. The molecule has 0 aliphatic rings. The molecule has 0 unspecified atom stereocenters. The zero-order chi connectivity index (χ0) is 19.8. The summed E-state index contributed by atoms with van der Waals surface area (Å²) in [5.41, 5.74) is 3.61. The summed E-state index contributed by atoms with van der Waals surface area (Å²) in [6.07, 6.45) is 2.08. The van der Waals surface area contributed by atoms with Gasteiger partial charge in [0.15, 0.2) is 0 Å². The smallest absolute Gasteiger partial charge is 0.224 e. The highest BCUT2D eigenvalue weighted by atomic mass is 19.1. The molecule has 1 N–H and O–H groups in total. The van der Waals surface area contributed by atoms with Crippen molar-refractivity contribution in [2.75, 3.05) is 13.7 Å². The van der Waals surface area contributed by atoms with Crippen LogP contribution in [0.3, 0.4) is 0 Å². The van der Waals surface area contributed by atoms with Crippen LogP contribution in [0.4, 0.5) is 4.39 Å². The second-order valence-corrected chi connectivity index (χ2v) is 6.66. The van der Waals surface area contributed by atoms with Gasteiger partial charge in [0.05, 0.1) is 13.5 Å². The van der Waals surface area contributed by atoms with Crippen molar-refractivity contribution in [2.45, 2.75) is 19.3 Å². The van der Waals surface area contributed by atoms with Gasteiger partial charge in [-0.05, 0) is 47.7 Å². The predicted molar refractivity (Wildman–Crippen MR) is 110 cm³/mol. The molecule has 3 aromatic rings. The topological polar surface area (TPSA) is 38.3 Å². The number of amides is 1. The molecular weight excluding hydrogens is 353 g/mol. The lowest BCUT2D eigenvalue weighted by atomic mass is 10.0. The van der Waals surface area contributed by atoms with Crippen LogP contribution in [-0.4, -0.2) is 19.6 Å². The summed E-state index contributed by atoms with van der Waals surface area (Å²) in [4.78, 5) is 12.0. The Kier molecular flexibility index (Phi) is 6.79. The second-order valence-electron chi connectivity index (χ2n) is 6.66. The van der Waals surface area contributed by atoms with E-state index in [-0.39, 0.29) is 11.7 Å². The van der Waals surface area contributed by atoms with Crippen LogP contribution in [0.25, 0.3) is 11.1 Å². The lowest BCUT2D eigenvalue weighted by Gasteiger charge is -2.07. The zero-order valence-corrected chi connectivity index (χ0v) is 16.0. The van der Waals surface area contributed by atoms with Crippen molar-refractivity contribution in [1.82, 2.24) is 5.32 Å². The van der Waals surface area contributed by atoms with Gasteiger partial charge in [0.2, 0.25) is 5.91 Å². The molecule has 0 bridgehead atoms. The average molecular weight is 377 g/mol. The number of hydrogen-bond donors (Lipinski definition) is 1. The highest BCUT2D eigenvalue weighted by Gasteiger charge is 2.05. The average Bonchev–Trinajstić information content (AvgIpc) is 2.73. The molecule has 4 heteroatoms. The van der Waals surface area contributed by atoms with E-state index in [4.69, 9.17) is 4.74 Å². The Bertz CT molecular complexity index is 905. The van der Waals surface area contributed by atoms with Crippen molar-refractivity contribution in [3.8, 4) is 16.9 Å². The van der Waals surface area contributed by atoms with Crippen molar-refractivity contribution in [1.29, 1.82) is 0 Å². The fraction of sp³-hybridized carbons (Fsp3) is 0.208. The minimum atomic E-state index is -0.213. The van der Waals surface area contributed by atoms with Crippen molar-refractivity contribution < 1.29 is 13.9 Å². The zero-order valence-electron chi connectivity index (χ0n) is 16.0. The summed E-state index contributed by atoms with van der Waals surface area (Å²) in [6.45, 7) is 0.629. The molecule has 1 amide bonds. The van der Waals surface area contributed by atoms with Gasteiger partial charge in [-0.1, -0.05) is 54.6 Å². The van der Waals surface area contributed by atoms with Crippen molar-refractivity contribution in [2.24, 2.45) is 0 Å². The molecule has 0 fully saturated rings. The number of ether oxygens (including phenoxy) is 1. The van der Waals surface area contributed by atoms with Crippen molar-refractivity contribution in [3.05, 3.63) is 89.7 Å². The summed E-state index contributed by atoms with van der Waals surface area (Å²) in [5, 5.41) is 2.95. The Balaban J connectivity index is 1.42. The third kappa shape index (κ3) is 5.43. The molecule has 0 saturated carbocycles. The summed E-state index contributed by atoms with van der Waals surface area (Å²) < 4.78 is 19.0. The van der Waals surface area contributed by atoms with E-state index in [1.807, 2.05) is 54.6 Å². The van der Waals surface area contributed by atoms with Crippen LogP contribution >= 0.6 is 0 Å². The Morgan fingerprint density at radius 2 is 1.61 bits per heavy atom. The van der Waals surface area contributed by atoms with Crippen LogP contribution in [0.5, 0.6) is 5.75 Å². The third-order valence-electron chi connectivity index (χ3n) is 4.63. The monoisotopic (exact) mass is 377 g/mol. The van der Waals surface area contributed by atoms with E-state index >= 15 is 0 Å². The Hall–Kier alpha value is -3.14. The van der Waals surface area contributed by atoms with Crippen LogP contribution in [-0.2, 0) is 17.6 Å². The van der Waals surface area contributed by atoms with E-state index in [2.05, 4.69) is 5.32 Å². The van der Waals surface area contributed by atoms with E-state index in [9.17, 15) is 9.18 Å². The minimum Gasteiger partial charge on any atom is -0.497 e. The first kappa shape index (κ1) is 19.6. The van der Waals surface area contributed by atoms with Crippen molar-refractivity contribution in [3.63, 3.8) is 0 Å². The first-order valence-electron chi connectivity index (χ1n) is 9.39. The van der Waals surface area contributed by atoms with Gasteiger partial charge in [-0.25, -0.2) is 4.39 Å². The van der Waals surface area contributed by atoms with Crippen LogP contribution in [0, 0.1) is 5.82 Å². The lowest BCUT2D eigenvalue weighted by Crippen LogP contribution is -2.26. The van der Waals surface area contributed by atoms with Crippen LogP contribution in [0.1, 0.15) is 17.5 Å². The highest BCUT2D eigenvalue weighted by molar-refractivity contribution is 5.78. The maximum absolute atomic E-state index is 13.8. The standard InChI is InChI=1S/C24H24FNO2/c1-28-21-14-10-19(11-15-21)17-24(27)26-16-4-5-18-8-12-20(13-9-18)22-6-2-3-7-23(22)25/h2-3,6-15H,4-5,16-17H2,1H3,(H,26,27). The largest absolute Gasteiger partial charge is 0.497 e. The van der Waals surface area contributed by atoms with Gasteiger partial charge in [-0.15, -0.1) is 0 Å². The molecule has 3 aromatic carbocycles. The number of aryl methyl sites for hydroxylation is 1. The lowest BCUT2D eigenvalue weighted by molar-refractivity contribution is -0.120. The summed E-state index contributed by atoms with van der Waals surface area (Å²) in [7, 11) is 1.62. The Morgan fingerprint density at radius 1 is 0.929 bits per heavy atom. The molecule has 0 spiro atoms. The van der Waals surface area contributed by atoms with Crippen LogP contribution in [0.15, 0.2) is 72.8 Å². The number of carbonyl (C=O) groups excluding carboxylic acids is 1. The van der Waals surface area contributed by atoms with E-state index in [0.29, 0.717) is 18.5 Å². The van der Waals surface area contributed by atoms with Gasteiger partial charge >= 0.3 is 0 Å². The number of halogens is 1. The van der Waals surface area contributed by atoms with E-state index in [1.54, 1.807) is 19.2 Å². The Labute approximate surface area is 165 Å². The molecule has 3 rings (SSSR count). The van der Waals surface area contributed by atoms with Gasteiger partial charge in [0.25, 0.3) is 0 Å². The number of hydrogen-bond acceptors (Lipinski definition) is 2. The maximum Gasteiger partial charge on any atom is 0.224 e. The fourth-order valence-electron chi connectivity index (χ4n) is 3.06. The molecule has 0 aliphatic heterocycles. The van der Waals surface area contributed by atoms with Gasteiger partial charge in [-0.3, -0.25) is 4.79 Å². The van der Waals surface area contributed by atoms with Gasteiger partial charge in [0, 0.05) is 12.1 Å². The number of methoxy groups -OCH3 is 1. The molecular formula is C24H24FNO2. The normalized spacial score (nSPS) is 10.5. The van der Waals surface area contributed by atoms with E-state index < -0.39 is 0 Å². The van der Waals surface area contributed by atoms with Gasteiger partial charge < -0.3 is 10.1 Å².